The number of likely N-dealkylation sites (tertiary alicyclic amines) is 1. The van der Waals surface area contributed by atoms with Crippen LogP contribution in [0.25, 0.3) is 17.2 Å². The predicted molar refractivity (Wildman–Crippen MR) is 151 cm³/mol. The number of nitrogens with one attached hydrogen (secondary N) is 1. The van der Waals surface area contributed by atoms with E-state index < -0.39 is 29.4 Å². The van der Waals surface area contributed by atoms with Crippen LogP contribution in [0.4, 0.5) is 13.6 Å². The molecular weight excluding hydrogens is 576 g/mol. The number of carbonyl (C=O) groups excluding carboxylic acids is 1. The molecule has 2 amide bonds. The van der Waals surface area contributed by atoms with Gasteiger partial charge in [-0.3, -0.25) is 4.79 Å². The van der Waals surface area contributed by atoms with Crippen molar-refractivity contribution in [2.24, 2.45) is 11.8 Å². The normalized spacial score (nSPS) is 19.8. The van der Waals surface area contributed by atoms with Gasteiger partial charge >= 0.3 is 6.09 Å². The summed E-state index contributed by atoms with van der Waals surface area (Å²) in [4.78, 5) is 39.4. The number of hydrogen-bond acceptors (Lipinski definition) is 8. The van der Waals surface area contributed by atoms with Crippen molar-refractivity contribution in [2.75, 3.05) is 13.1 Å². The summed E-state index contributed by atoms with van der Waals surface area (Å²) in [6.45, 7) is 5.67. The maximum Gasteiger partial charge on any atom is 0.405 e. The Kier molecular flexibility index (Phi) is 7.24. The Morgan fingerprint density at radius 1 is 1.09 bits per heavy atom. The van der Waals surface area contributed by atoms with Crippen LogP contribution in [0.15, 0.2) is 55.0 Å². The topological polar surface area (TPSA) is 156 Å². The van der Waals surface area contributed by atoms with Gasteiger partial charge in [0.25, 0.3) is 5.91 Å². The first kappa shape index (κ1) is 29.1. The third-order valence-corrected chi connectivity index (χ3v) is 7.94. The summed E-state index contributed by atoms with van der Waals surface area (Å²) in [6, 6.07) is 8.28. The van der Waals surface area contributed by atoms with Crippen LogP contribution in [-0.4, -0.2) is 71.0 Å². The van der Waals surface area contributed by atoms with Crippen LogP contribution in [0.2, 0.25) is 0 Å². The zero-order valence-corrected chi connectivity index (χ0v) is 24.0. The molecule has 4 aromatic rings. The van der Waals surface area contributed by atoms with Crippen LogP contribution < -0.4 is 10.1 Å². The average Bonchev–Trinajstić information content (AvgIpc) is 3.33. The zero-order chi connectivity index (χ0) is 31.3. The van der Waals surface area contributed by atoms with Gasteiger partial charge in [-0.1, -0.05) is 0 Å². The van der Waals surface area contributed by atoms with Gasteiger partial charge in [0, 0.05) is 55.1 Å². The molecule has 0 radical (unpaired) electrons. The Morgan fingerprint density at radius 3 is 2.43 bits per heavy atom. The van der Waals surface area contributed by atoms with Gasteiger partial charge in [0.1, 0.15) is 11.8 Å². The number of halogens is 2. The van der Waals surface area contributed by atoms with E-state index in [4.69, 9.17) is 4.74 Å². The SMILES string of the molecule is CC(O)c1nn(-c2ncccn2)cc1C(=O)N1C[C@@H]2C(Oc3cc(C(C)(C)NC(=O)O)cc(-c4ccc(F)c(F)c4)n3)[C@@H]2C1. The van der Waals surface area contributed by atoms with Crippen molar-refractivity contribution in [3.63, 3.8) is 0 Å². The lowest BCUT2D eigenvalue weighted by atomic mass is 9.93. The van der Waals surface area contributed by atoms with Crippen molar-refractivity contribution in [1.82, 2.24) is 34.9 Å². The van der Waals surface area contributed by atoms with Gasteiger partial charge < -0.3 is 25.2 Å². The standard InChI is InChI=1S/C30H29F2N7O5/c1-15(40)25-20(14-39(37-25)28-33-7-4-8-34-28)27(41)38-12-18-19(13-38)26(18)44-24-11-17(30(2,3)36-29(42)43)10-23(35-24)16-5-6-21(31)22(32)9-16/h4-11,14-15,18-19,26,36,40H,12-13H2,1-3H3,(H,42,43)/t15?,18-,19+,26?. The Hall–Kier alpha value is -4.98. The Morgan fingerprint density at radius 2 is 1.80 bits per heavy atom. The number of nitrogens with zero attached hydrogens (tertiary/aromatic N) is 6. The van der Waals surface area contributed by atoms with Gasteiger partial charge in [-0.05, 0) is 56.7 Å². The van der Waals surface area contributed by atoms with Crippen molar-refractivity contribution in [1.29, 1.82) is 0 Å². The minimum Gasteiger partial charge on any atom is -0.474 e. The van der Waals surface area contributed by atoms with E-state index in [-0.39, 0.29) is 52.6 Å². The summed E-state index contributed by atoms with van der Waals surface area (Å²) >= 11 is 0. The smallest absolute Gasteiger partial charge is 0.405 e. The number of amides is 2. The summed E-state index contributed by atoms with van der Waals surface area (Å²) in [6.07, 6.45) is 2.14. The number of hydrogen-bond donors (Lipinski definition) is 3. The summed E-state index contributed by atoms with van der Waals surface area (Å²) in [5.41, 5.74) is 0.509. The number of aliphatic hydroxyl groups excluding tert-OH is 1. The second-order valence-corrected chi connectivity index (χ2v) is 11.5. The molecule has 1 aliphatic heterocycles. The molecule has 6 rings (SSSR count). The molecule has 1 aliphatic carbocycles. The molecule has 0 spiro atoms. The van der Waals surface area contributed by atoms with E-state index in [0.29, 0.717) is 24.2 Å². The van der Waals surface area contributed by atoms with Gasteiger partial charge in [0.05, 0.1) is 22.9 Å². The summed E-state index contributed by atoms with van der Waals surface area (Å²) in [5.74, 6) is -1.82. The highest BCUT2D eigenvalue weighted by atomic mass is 19.2. The van der Waals surface area contributed by atoms with E-state index in [0.717, 1.165) is 12.1 Å². The first-order valence-corrected chi connectivity index (χ1v) is 13.9. The molecule has 228 valence electrons. The number of benzene rings is 1. The number of ether oxygens (including phenoxy) is 1. The van der Waals surface area contributed by atoms with E-state index in [1.807, 2.05) is 0 Å². The largest absolute Gasteiger partial charge is 0.474 e. The number of aliphatic hydroxyl groups is 1. The lowest BCUT2D eigenvalue weighted by Gasteiger charge is -2.26. The van der Waals surface area contributed by atoms with Gasteiger partial charge in [0.2, 0.25) is 11.8 Å². The molecule has 1 saturated carbocycles. The quantitative estimate of drug-likeness (QED) is 0.273. The van der Waals surface area contributed by atoms with Crippen molar-refractivity contribution >= 4 is 12.0 Å². The molecule has 3 aromatic heterocycles. The van der Waals surface area contributed by atoms with E-state index >= 15 is 0 Å². The van der Waals surface area contributed by atoms with Crippen LogP contribution in [0.1, 0.15) is 48.5 Å². The molecule has 2 fully saturated rings. The Labute approximate surface area is 250 Å². The van der Waals surface area contributed by atoms with Gasteiger partial charge in [-0.2, -0.15) is 5.10 Å². The van der Waals surface area contributed by atoms with Crippen molar-refractivity contribution in [2.45, 2.75) is 38.5 Å². The summed E-state index contributed by atoms with van der Waals surface area (Å²) in [5, 5.41) is 26.4. The fourth-order valence-electron chi connectivity index (χ4n) is 5.56. The van der Waals surface area contributed by atoms with Gasteiger partial charge in [0.15, 0.2) is 11.6 Å². The highest BCUT2D eigenvalue weighted by molar-refractivity contribution is 5.95. The number of pyridine rings is 1. The molecule has 2 aliphatic rings. The Bertz CT molecular complexity index is 1740. The second kappa shape index (κ2) is 10.9. The van der Waals surface area contributed by atoms with E-state index in [2.05, 4.69) is 25.4 Å². The van der Waals surface area contributed by atoms with Crippen LogP contribution in [0.5, 0.6) is 5.88 Å². The third kappa shape index (κ3) is 5.55. The third-order valence-electron chi connectivity index (χ3n) is 7.94. The highest BCUT2D eigenvalue weighted by Crippen LogP contribution is 2.48. The van der Waals surface area contributed by atoms with Crippen LogP contribution in [0, 0.1) is 23.5 Å². The second-order valence-electron chi connectivity index (χ2n) is 11.5. The highest BCUT2D eigenvalue weighted by Gasteiger charge is 2.59. The number of carbonyl (C=O) groups is 2. The number of aromatic nitrogens is 5. The fourth-order valence-corrected chi connectivity index (χ4v) is 5.56. The van der Waals surface area contributed by atoms with E-state index in [1.54, 1.807) is 49.3 Å². The molecule has 44 heavy (non-hydrogen) atoms. The lowest BCUT2D eigenvalue weighted by molar-refractivity contribution is 0.0745. The Balaban J connectivity index is 1.21. The molecule has 1 aromatic carbocycles. The minimum atomic E-state index is -1.23. The van der Waals surface area contributed by atoms with Crippen molar-refractivity contribution in [3.8, 4) is 23.1 Å². The number of rotatable bonds is 8. The maximum atomic E-state index is 14.0. The molecule has 12 nitrogen and oxygen atoms in total. The van der Waals surface area contributed by atoms with Gasteiger partial charge in [-0.15, -0.1) is 0 Å². The summed E-state index contributed by atoms with van der Waals surface area (Å²) < 4.78 is 35.3. The van der Waals surface area contributed by atoms with Crippen molar-refractivity contribution in [3.05, 3.63) is 83.4 Å². The maximum absolute atomic E-state index is 14.0. The van der Waals surface area contributed by atoms with E-state index in [9.17, 15) is 28.6 Å². The number of carboxylic acid groups (broad SMARTS) is 1. The number of fused-ring (bicyclic) bond motifs is 1. The summed E-state index contributed by atoms with van der Waals surface area (Å²) in [7, 11) is 0. The van der Waals surface area contributed by atoms with Crippen LogP contribution >= 0.6 is 0 Å². The molecule has 14 heteroatoms. The first-order valence-electron chi connectivity index (χ1n) is 13.9. The predicted octanol–water partition coefficient (Wildman–Crippen LogP) is 3.71. The molecule has 3 N–H and O–H groups in total. The molecule has 0 bridgehead atoms. The lowest BCUT2D eigenvalue weighted by Crippen LogP contribution is -2.40. The number of piperidine rings is 1. The first-order chi connectivity index (χ1) is 20.9. The molecule has 4 heterocycles. The van der Waals surface area contributed by atoms with Crippen LogP contribution in [0.3, 0.4) is 0 Å². The fraction of sp³-hybridized carbons (Fsp3) is 0.333. The average molecular weight is 606 g/mol. The molecule has 1 saturated heterocycles. The van der Waals surface area contributed by atoms with Gasteiger partial charge in [-0.25, -0.2) is 33.2 Å². The van der Waals surface area contributed by atoms with Crippen LogP contribution in [-0.2, 0) is 5.54 Å². The molecular formula is C30H29F2N7O5. The monoisotopic (exact) mass is 605 g/mol. The zero-order valence-electron chi connectivity index (χ0n) is 24.0. The van der Waals surface area contributed by atoms with Crippen molar-refractivity contribution < 1.29 is 33.3 Å². The molecule has 4 atom stereocenters. The van der Waals surface area contributed by atoms with E-state index in [1.165, 1.54) is 23.9 Å². The minimum absolute atomic E-state index is 0.0174. The molecule has 2 unspecified atom stereocenters.